The van der Waals surface area contributed by atoms with Crippen LogP contribution in [0.3, 0.4) is 0 Å². The number of hydrogen-bond acceptors (Lipinski definition) is 2. The Hall–Kier alpha value is -1.09. The number of aryl methyl sites for hydroxylation is 1. The molecule has 0 spiro atoms. The van der Waals surface area contributed by atoms with E-state index in [2.05, 4.69) is 0 Å². The maximum absolute atomic E-state index is 9.72. The van der Waals surface area contributed by atoms with E-state index in [-0.39, 0.29) is 6.61 Å². The summed E-state index contributed by atoms with van der Waals surface area (Å²) >= 11 is 6.25. The third kappa shape index (κ3) is 1.80. The molecule has 2 aromatic rings. The molecule has 2 nitrogen and oxygen atoms in total. The molecule has 2 N–H and O–H groups in total. The molecule has 84 valence electrons. The number of fused-ring (bicyclic) bond motifs is 1. The fourth-order valence-electron chi connectivity index (χ4n) is 1.95. The number of hydrogen-bond donors (Lipinski definition) is 2. The smallest absolute Gasteiger partial charge is 0.104 e. The molecule has 2 rings (SSSR count). The summed E-state index contributed by atoms with van der Waals surface area (Å²) in [5.74, 6) is 0. The van der Waals surface area contributed by atoms with Gasteiger partial charge in [-0.25, -0.2) is 0 Å². The maximum Gasteiger partial charge on any atom is 0.104 e. The van der Waals surface area contributed by atoms with Crippen LogP contribution in [-0.4, -0.2) is 16.8 Å². The predicted molar refractivity (Wildman–Crippen MR) is 65.7 cm³/mol. The predicted octanol–water partition coefficient (Wildman–Crippen LogP) is 2.83. The Morgan fingerprint density at radius 1 is 1.31 bits per heavy atom. The van der Waals surface area contributed by atoms with Gasteiger partial charge >= 0.3 is 0 Å². The lowest BCUT2D eigenvalue weighted by Gasteiger charge is -2.15. The molecular weight excluding hydrogens is 224 g/mol. The van der Waals surface area contributed by atoms with E-state index in [4.69, 9.17) is 16.7 Å². The maximum atomic E-state index is 9.72. The molecule has 0 radical (unpaired) electrons. The zero-order valence-corrected chi connectivity index (χ0v) is 9.70. The largest absolute Gasteiger partial charge is 0.393 e. The minimum absolute atomic E-state index is 0.321. The van der Waals surface area contributed by atoms with Crippen molar-refractivity contribution in [3.63, 3.8) is 0 Å². The Bertz CT molecular complexity index is 523. The van der Waals surface area contributed by atoms with Crippen molar-refractivity contribution < 1.29 is 10.2 Å². The van der Waals surface area contributed by atoms with E-state index in [1.807, 2.05) is 37.3 Å². The average molecular weight is 237 g/mol. The first-order valence-electron chi connectivity index (χ1n) is 5.12. The van der Waals surface area contributed by atoms with Gasteiger partial charge in [0.2, 0.25) is 0 Å². The van der Waals surface area contributed by atoms with Gasteiger partial charge in [0.05, 0.1) is 11.6 Å². The monoisotopic (exact) mass is 236 g/mol. The highest BCUT2D eigenvalue weighted by atomic mass is 35.5. The van der Waals surface area contributed by atoms with Crippen LogP contribution in [0, 0.1) is 6.92 Å². The lowest BCUT2D eigenvalue weighted by atomic mass is 9.98. The minimum Gasteiger partial charge on any atom is -0.393 e. The highest BCUT2D eigenvalue weighted by Gasteiger charge is 2.15. The van der Waals surface area contributed by atoms with Gasteiger partial charge in [-0.15, -0.1) is 0 Å². The zero-order valence-electron chi connectivity index (χ0n) is 8.94. The number of rotatable bonds is 2. The fraction of sp³-hybridized carbons (Fsp3) is 0.231. The van der Waals surface area contributed by atoms with Crippen molar-refractivity contribution in [2.75, 3.05) is 6.61 Å². The Morgan fingerprint density at radius 2 is 2.00 bits per heavy atom. The first-order valence-corrected chi connectivity index (χ1v) is 5.49. The summed E-state index contributed by atoms with van der Waals surface area (Å²) in [6.45, 7) is 1.56. The molecule has 0 bridgehead atoms. The quantitative estimate of drug-likeness (QED) is 0.842. The van der Waals surface area contributed by atoms with Gasteiger partial charge in [-0.3, -0.25) is 0 Å². The molecule has 0 amide bonds. The SMILES string of the molecule is Cc1cc2ccccc2c(Cl)c1[C@@H](O)CO. The van der Waals surface area contributed by atoms with Gasteiger partial charge in [0.25, 0.3) is 0 Å². The van der Waals surface area contributed by atoms with Crippen molar-refractivity contribution in [1.29, 1.82) is 0 Å². The second-order valence-electron chi connectivity index (χ2n) is 3.84. The molecule has 0 fully saturated rings. The van der Waals surface area contributed by atoms with Crippen LogP contribution in [0.5, 0.6) is 0 Å². The van der Waals surface area contributed by atoms with Gasteiger partial charge in [-0.1, -0.05) is 41.9 Å². The van der Waals surface area contributed by atoms with Crippen LogP contribution >= 0.6 is 11.6 Å². The molecule has 3 heteroatoms. The fourth-order valence-corrected chi connectivity index (χ4v) is 2.40. The molecule has 0 saturated heterocycles. The van der Waals surface area contributed by atoms with Crippen LogP contribution in [0.2, 0.25) is 5.02 Å². The highest BCUT2D eigenvalue weighted by molar-refractivity contribution is 6.36. The molecule has 0 unspecified atom stereocenters. The van der Waals surface area contributed by atoms with Crippen molar-refractivity contribution in [2.45, 2.75) is 13.0 Å². The number of halogens is 1. The van der Waals surface area contributed by atoms with E-state index in [1.165, 1.54) is 0 Å². The van der Waals surface area contributed by atoms with E-state index < -0.39 is 6.10 Å². The second kappa shape index (κ2) is 4.42. The Labute approximate surface area is 99.1 Å². The van der Waals surface area contributed by atoms with Crippen molar-refractivity contribution in [3.8, 4) is 0 Å². The van der Waals surface area contributed by atoms with Gasteiger partial charge in [0.15, 0.2) is 0 Å². The minimum atomic E-state index is -0.919. The number of aliphatic hydroxyl groups is 2. The molecule has 0 aliphatic rings. The normalized spacial score (nSPS) is 13.0. The Balaban J connectivity index is 2.75. The van der Waals surface area contributed by atoms with E-state index in [0.717, 1.165) is 16.3 Å². The van der Waals surface area contributed by atoms with Gasteiger partial charge in [0.1, 0.15) is 6.10 Å². The molecule has 0 aliphatic carbocycles. The Kier molecular flexibility index (Phi) is 3.15. The summed E-state index contributed by atoms with van der Waals surface area (Å²) in [5, 5.41) is 21.2. The van der Waals surface area contributed by atoms with Crippen LogP contribution in [0.4, 0.5) is 0 Å². The molecule has 0 aliphatic heterocycles. The summed E-state index contributed by atoms with van der Waals surface area (Å²) < 4.78 is 0. The average Bonchev–Trinajstić information content (AvgIpc) is 2.28. The summed E-state index contributed by atoms with van der Waals surface area (Å²) in [5.41, 5.74) is 1.51. The first-order chi connectivity index (χ1) is 7.65. The summed E-state index contributed by atoms with van der Waals surface area (Å²) in [6, 6.07) is 9.70. The summed E-state index contributed by atoms with van der Waals surface area (Å²) in [6.07, 6.45) is -0.919. The highest BCUT2D eigenvalue weighted by Crippen LogP contribution is 2.33. The third-order valence-corrected chi connectivity index (χ3v) is 3.14. The van der Waals surface area contributed by atoms with Gasteiger partial charge in [-0.2, -0.15) is 0 Å². The van der Waals surface area contributed by atoms with Crippen LogP contribution in [0.15, 0.2) is 30.3 Å². The van der Waals surface area contributed by atoms with Crippen LogP contribution in [-0.2, 0) is 0 Å². The number of benzene rings is 2. The van der Waals surface area contributed by atoms with Gasteiger partial charge in [-0.05, 0) is 17.9 Å². The Morgan fingerprint density at radius 3 is 2.69 bits per heavy atom. The van der Waals surface area contributed by atoms with E-state index in [0.29, 0.717) is 10.6 Å². The van der Waals surface area contributed by atoms with Crippen LogP contribution in [0.1, 0.15) is 17.2 Å². The van der Waals surface area contributed by atoms with E-state index in [9.17, 15) is 5.11 Å². The van der Waals surface area contributed by atoms with Crippen molar-refractivity contribution in [1.82, 2.24) is 0 Å². The lowest BCUT2D eigenvalue weighted by Crippen LogP contribution is -2.05. The first kappa shape index (κ1) is 11.4. The van der Waals surface area contributed by atoms with Gasteiger partial charge in [0, 0.05) is 10.9 Å². The molecule has 2 aromatic carbocycles. The molecule has 1 atom stereocenters. The standard InChI is InChI=1S/C13H13ClO2/c1-8-6-9-4-2-3-5-10(9)13(14)12(8)11(16)7-15/h2-6,11,15-16H,7H2,1H3/t11-/m0/s1. The summed E-state index contributed by atoms with van der Waals surface area (Å²) in [7, 11) is 0. The van der Waals surface area contributed by atoms with Crippen LogP contribution < -0.4 is 0 Å². The van der Waals surface area contributed by atoms with E-state index in [1.54, 1.807) is 0 Å². The second-order valence-corrected chi connectivity index (χ2v) is 4.22. The van der Waals surface area contributed by atoms with Crippen molar-refractivity contribution >= 4 is 22.4 Å². The van der Waals surface area contributed by atoms with Gasteiger partial charge < -0.3 is 10.2 Å². The molecule has 0 aromatic heterocycles. The topological polar surface area (TPSA) is 40.5 Å². The third-order valence-electron chi connectivity index (χ3n) is 2.74. The van der Waals surface area contributed by atoms with Crippen molar-refractivity contribution in [2.24, 2.45) is 0 Å². The molecule has 0 heterocycles. The van der Waals surface area contributed by atoms with Crippen molar-refractivity contribution in [3.05, 3.63) is 46.5 Å². The summed E-state index contributed by atoms with van der Waals surface area (Å²) in [4.78, 5) is 0. The molecular formula is C13H13ClO2. The van der Waals surface area contributed by atoms with Crippen LogP contribution in [0.25, 0.3) is 10.8 Å². The van der Waals surface area contributed by atoms with E-state index >= 15 is 0 Å². The lowest BCUT2D eigenvalue weighted by molar-refractivity contribution is 0.0953. The molecule has 16 heavy (non-hydrogen) atoms. The zero-order chi connectivity index (χ0) is 11.7. The molecule has 0 saturated carbocycles. The number of aliphatic hydroxyl groups excluding tert-OH is 2.